The van der Waals surface area contributed by atoms with Crippen LogP contribution in [0, 0.1) is 0 Å². The summed E-state index contributed by atoms with van der Waals surface area (Å²) in [5, 5.41) is 3.33. The molecular weight excluding hydrogens is 440 g/mol. The van der Waals surface area contributed by atoms with Gasteiger partial charge in [0.1, 0.15) is 11.2 Å². The highest BCUT2D eigenvalue weighted by molar-refractivity contribution is 6.00. The fraction of sp³-hybridized carbons (Fsp3) is 0.571. The van der Waals surface area contributed by atoms with Crippen molar-refractivity contribution in [2.24, 2.45) is 0 Å². The zero-order chi connectivity index (χ0) is 24.3. The summed E-state index contributed by atoms with van der Waals surface area (Å²) in [5.41, 5.74) is 1.77. The second-order valence-electron chi connectivity index (χ2n) is 10.4. The summed E-state index contributed by atoms with van der Waals surface area (Å²) in [6.07, 6.45) is 6.44. The lowest BCUT2D eigenvalue weighted by Crippen LogP contribution is -2.65. The van der Waals surface area contributed by atoms with Gasteiger partial charge in [-0.15, -0.1) is 0 Å². The van der Waals surface area contributed by atoms with Crippen LogP contribution in [-0.4, -0.2) is 77.2 Å². The predicted octanol–water partition coefficient (Wildman–Crippen LogP) is 3.54. The number of carbonyl (C=O) groups is 2. The van der Waals surface area contributed by atoms with E-state index in [2.05, 4.69) is 26.9 Å². The molecule has 2 aromatic rings. The monoisotopic (exact) mass is 478 g/mol. The zero-order valence-electron chi connectivity index (χ0n) is 20.9. The predicted molar refractivity (Wildman–Crippen MR) is 136 cm³/mol. The van der Waals surface area contributed by atoms with Gasteiger partial charge in [-0.2, -0.15) is 0 Å². The van der Waals surface area contributed by atoms with Gasteiger partial charge in [0.25, 0.3) is 5.91 Å². The third kappa shape index (κ3) is 5.02. The van der Waals surface area contributed by atoms with E-state index in [9.17, 15) is 9.59 Å². The number of morpholine rings is 1. The molecule has 0 spiro atoms. The highest BCUT2D eigenvalue weighted by atomic mass is 16.5. The number of nitrogens with one attached hydrogen (secondary N) is 1. The zero-order valence-corrected chi connectivity index (χ0v) is 20.9. The number of ether oxygens (including phenoxy) is 1. The fourth-order valence-electron chi connectivity index (χ4n) is 5.85. The van der Waals surface area contributed by atoms with Crippen molar-refractivity contribution in [1.82, 2.24) is 19.7 Å². The lowest BCUT2D eigenvalue weighted by molar-refractivity contribution is -0.133. The average Bonchev–Trinajstić information content (AvgIpc) is 3.31. The summed E-state index contributed by atoms with van der Waals surface area (Å²) in [5.74, 6) is -0.0795. The SMILES string of the molecule is CC1(C(=O)NC2CCCCC2)Cn2c(ccc2-c2ccccc2)C(=O)N1CCCN1CCOCC1. The van der Waals surface area contributed by atoms with Gasteiger partial charge < -0.3 is 19.5 Å². The van der Waals surface area contributed by atoms with Crippen LogP contribution in [-0.2, 0) is 16.1 Å². The first-order chi connectivity index (χ1) is 17.1. The van der Waals surface area contributed by atoms with Gasteiger partial charge >= 0.3 is 0 Å². The first-order valence-corrected chi connectivity index (χ1v) is 13.2. The second-order valence-corrected chi connectivity index (χ2v) is 10.4. The lowest BCUT2D eigenvalue weighted by atomic mass is 9.91. The molecule has 7 heteroatoms. The number of rotatable bonds is 7. The molecule has 3 aliphatic rings. The maximum atomic E-state index is 13.8. The topological polar surface area (TPSA) is 66.8 Å². The standard InChI is InChI=1S/C28H38N4O3/c1-28(27(34)29-23-11-6-3-7-12-23)21-31-24(22-9-4-2-5-10-22)13-14-25(31)26(33)32(28)16-8-15-30-17-19-35-20-18-30/h2,4-5,9-10,13-14,23H,3,6-8,11-12,15-21H2,1H3,(H,29,34). The van der Waals surface area contributed by atoms with Crippen molar-refractivity contribution in [3.63, 3.8) is 0 Å². The highest BCUT2D eigenvalue weighted by Gasteiger charge is 2.48. The molecule has 1 aliphatic carbocycles. The van der Waals surface area contributed by atoms with Gasteiger partial charge in [-0.1, -0.05) is 49.6 Å². The molecule has 2 fully saturated rings. The normalized spacial score (nSPS) is 23.8. The van der Waals surface area contributed by atoms with Gasteiger partial charge in [0.15, 0.2) is 0 Å². The molecule has 1 aromatic carbocycles. The molecule has 1 unspecified atom stereocenters. The van der Waals surface area contributed by atoms with Crippen LogP contribution in [0.1, 0.15) is 55.9 Å². The minimum absolute atomic E-state index is 0.0255. The minimum Gasteiger partial charge on any atom is -0.379 e. The number of nitrogens with zero attached hydrogens (tertiary/aromatic N) is 3. The third-order valence-electron chi connectivity index (χ3n) is 7.97. The van der Waals surface area contributed by atoms with Crippen LogP contribution in [0.5, 0.6) is 0 Å². The van der Waals surface area contributed by atoms with Crippen LogP contribution < -0.4 is 5.32 Å². The summed E-state index contributed by atoms with van der Waals surface area (Å²) in [6, 6.07) is 14.3. The molecule has 7 nitrogen and oxygen atoms in total. The Labute approximate surface area is 208 Å². The number of carbonyl (C=O) groups excluding carboxylic acids is 2. The minimum atomic E-state index is -0.935. The molecule has 2 aliphatic heterocycles. The largest absolute Gasteiger partial charge is 0.379 e. The molecule has 1 aromatic heterocycles. The molecule has 1 saturated heterocycles. The lowest BCUT2D eigenvalue weighted by Gasteiger charge is -2.45. The number of hydrogen-bond donors (Lipinski definition) is 1. The Kier molecular flexibility index (Phi) is 7.25. The summed E-state index contributed by atoms with van der Waals surface area (Å²) >= 11 is 0. The Bertz CT molecular complexity index is 1020. The van der Waals surface area contributed by atoms with Crippen LogP contribution >= 0.6 is 0 Å². The Morgan fingerprint density at radius 3 is 2.46 bits per heavy atom. The van der Waals surface area contributed by atoms with E-state index in [1.54, 1.807) is 0 Å². The maximum Gasteiger partial charge on any atom is 0.271 e. The van der Waals surface area contributed by atoms with Crippen molar-refractivity contribution >= 4 is 11.8 Å². The summed E-state index contributed by atoms with van der Waals surface area (Å²) in [7, 11) is 0. The first-order valence-electron chi connectivity index (χ1n) is 13.2. The van der Waals surface area contributed by atoms with Crippen LogP contribution in [0.2, 0.25) is 0 Å². The molecule has 3 heterocycles. The van der Waals surface area contributed by atoms with Crippen molar-refractivity contribution in [3.05, 3.63) is 48.2 Å². The van der Waals surface area contributed by atoms with Crippen LogP contribution in [0.15, 0.2) is 42.5 Å². The van der Waals surface area contributed by atoms with E-state index >= 15 is 0 Å². The van der Waals surface area contributed by atoms with E-state index in [1.807, 2.05) is 42.2 Å². The molecule has 188 valence electrons. The molecule has 2 amide bonds. The highest BCUT2D eigenvalue weighted by Crippen LogP contribution is 2.33. The van der Waals surface area contributed by atoms with E-state index in [1.165, 1.54) is 6.42 Å². The van der Waals surface area contributed by atoms with Crippen LogP contribution in [0.25, 0.3) is 11.3 Å². The number of hydrogen-bond acceptors (Lipinski definition) is 4. The smallest absolute Gasteiger partial charge is 0.271 e. The Balaban J connectivity index is 1.40. The maximum absolute atomic E-state index is 13.8. The van der Waals surface area contributed by atoms with Crippen molar-refractivity contribution in [2.45, 2.75) is 63.6 Å². The van der Waals surface area contributed by atoms with Gasteiger partial charge in [-0.3, -0.25) is 14.5 Å². The third-order valence-corrected chi connectivity index (χ3v) is 7.97. The van der Waals surface area contributed by atoms with Crippen LogP contribution in [0.4, 0.5) is 0 Å². The molecule has 1 N–H and O–H groups in total. The summed E-state index contributed by atoms with van der Waals surface area (Å²) in [6.45, 7) is 7.27. The van der Waals surface area contributed by atoms with Crippen molar-refractivity contribution in [1.29, 1.82) is 0 Å². The number of amides is 2. The molecule has 0 bridgehead atoms. The Morgan fingerprint density at radius 2 is 1.71 bits per heavy atom. The van der Waals surface area contributed by atoms with Gasteiger partial charge in [-0.05, 0) is 43.9 Å². The van der Waals surface area contributed by atoms with Gasteiger partial charge in [0, 0.05) is 37.9 Å². The number of benzene rings is 1. The second kappa shape index (κ2) is 10.5. The summed E-state index contributed by atoms with van der Waals surface area (Å²) < 4.78 is 7.52. The van der Waals surface area contributed by atoms with Gasteiger partial charge in [-0.25, -0.2) is 0 Å². The van der Waals surface area contributed by atoms with Crippen molar-refractivity contribution < 1.29 is 14.3 Å². The molecule has 35 heavy (non-hydrogen) atoms. The summed E-state index contributed by atoms with van der Waals surface area (Å²) in [4.78, 5) is 31.9. The van der Waals surface area contributed by atoms with E-state index in [4.69, 9.17) is 4.74 Å². The molecular formula is C28H38N4O3. The van der Waals surface area contributed by atoms with E-state index in [0.29, 0.717) is 18.8 Å². The van der Waals surface area contributed by atoms with E-state index in [-0.39, 0.29) is 17.9 Å². The van der Waals surface area contributed by atoms with Crippen molar-refractivity contribution in [3.8, 4) is 11.3 Å². The van der Waals surface area contributed by atoms with E-state index in [0.717, 1.165) is 76.2 Å². The number of fused-ring (bicyclic) bond motifs is 1. The number of aromatic nitrogens is 1. The molecule has 1 atom stereocenters. The first kappa shape index (κ1) is 24.1. The van der Waals surface area contributed by atoms with Crippen LogP contribution in [0.3, 0.4) is 0 Å². The Hall–Kier alpha value is -2.64. The van der Waals surface area contributed by atoms with E-state index < -0.39 is 5.54 Å². The molecule has 5 rings (SSSR count). The quantitative estimate of drug-likeness (QED) is 0.661. The van der Waals surface area contributed by atoms with Crippen molar-refractivity contribution in [2.75, 3.05) is 39.4 Å². The molecule has 1 saturated carbocycles. The van der Waals surface area contributed by atoms with Gasteiger partial charge in [0.2, 0.25) is 5.91 Å². The fourth-order valence-corrected chi connectivity index (χ4v) is 5.85. The Morgan fingerprint density at radius 1 is 1.00 bits per heavy atom. The average molecular weight is 479 g/mol. The van der Waals surface area contributed by atoms with Gasteiger partial charge in [0.05, 0.1) is 19.8 Å². The molecule has 0 radical (unpaired) electrons.